The average molecular weight is 509 g/mol. The fraction of sp³-hybridized carbons (Fsp3) is 0.318. The molecule has 1 heterocycles. The summed E-state index contributed by atoms with van der Waals surface area (Å²) in [6.07, 6.45) is 0. The summed E-state index contributed by atoms with van der Waals surface area (Å²) >= 11 is 3.51. The highest BCUT2D eigenvalue weighted by atomic mass is 79.9. The number of methoxy groups -OCH3 is 2. The van der Waals surface area contributed by atoms with Crippen LogP contribution in [0.15, 0.2) is 46.9 Å². The van der Waals surface area contributed by atoms with Gasteiger partial charge >= 0.3 is 11.9 Å². The Morgan fingerprint density at radius 3 is 1.91 bits per heavy atom. The summed E-state index contributed by atoms with van der Waals surface area (Å²) in [6, 6.07) is 13.7. The minimum absolute atomic E-state index is 0.0404. The number of carboxylic acids is 2. The molecule has 1 amide bonds. The molecule has 0 bridgehead atoms. The van der Waals surface area contributed by atoms with Crippen molar-refractivity contribution in [1.82, 2.24) is 9.80 Å². The molecule has 172 valence electrons. The van der Waals surface area contributed by atoms with Crippen molar-refractivity contribution in [2.75, 3.05) is 40.4 Å². The molecule has 1 saturated heterocycles. The van der Waals surface area contributed by atoms with Gasteiger partial charge in [-0.2, -0.15) is 0 Å². The normalized spacial score (nSPS) is 13.5. The maximum atomic E-state index is 13.0. The highest BCUT2D eigenvalue weighted by molar-refractivity contribution is 9.10. The Kier molecular flexibility index (Phi) is 9.48. The van der Waals surface area contributed by atoms with Crippen LogP contribution in [0.1, 0.15) is 15.9 Å². The quantitative estimate of drug-likeness (QED) is 0.591. The second-order valence-electron chi connectivity index (χ2n) is 6.85. The number of benzene rings is 2. The average Bonchev–Trinajstić information content (AvgIpc) is 2.79. The van der Waals surface area contributed by atoms with Crippen molar-refractivity contribution in [3.05, 3.63) is 58.1 Å². The number of ether oxygens (including phenoxy) is 2. The van der Waals surface area contributed by atoms with Gasteiger partial charge < -0.3 is 24.6 Å². The monoisotopic (exact) mass is 508 g/mol. The lowest BCUT2D eigenvalue weighted by Gasteiger charge is -2.35. The van der Waals surface area contributed by atoms with Gasteiger partial charge in [-0.15, -0.1) is 0 Å². The number of hydrogen-bond donors (Lipinski definition) is 2. The number of rotatable bonds is 5. The van der Waals surface area contributed by atoms with Crippen LogP contribution >= 0.6 is 15.9 Å². The van der Waals surface area contributed by atoms with Crippen molar-refractivity contribution in [3.63, 3.8) is 0 Å². The minimum atomic E-state index is -1.82. The molecule has 32 heavy (non-hydrogen) atoms. The van der Waals surface area contributed by atoms with Crippen LogP contribution in [0.2, 0.25) is 0 Å². The molecular formula is C22H25BrN2O7. The fourth-order valence-electron chi connectivity index (χ4n) is 3.22. The van der Waals surface area contributed by atoms with E-state index in [1.54, 1.807) is 26.4 Å². The van der Waals surface area contributed by atoms with Gasteiger partial charge in [-0.25, -0.2) is 9.59 Å². The van der Waals surface area contributed by atoms with Crippen molar-refractivity contribution in [3.8, 4) is 11.5 Å². The Labute approximate surface area is 194 Å². The van der Waals surface area contributed by atoms with Crippen LogP contribution in [-0.4, -0.2) is 78.3 Å². The number of halogens is 1. The maximum absolute atomic E-state index is 13.0. The van der Waals surface area contributed by atoms with Crippen molar-refractivity contribution in [2.45, 2.75) is 6.54 Å². The largest absolute Gasteiger partial charge is 0.496 e. The smallest absolute Gasteiger partial charge is 0.414 e. The molecule has 0 aliphatic carbocycles. The molecule has 1 fully saturated rings. The number of nitrogens with zero attached hydrogens (tertiary/aromatic N) is 2. The van der Waals surface area contributed by atoms with Crippen molar-refractivity contribution >= 4 is 33.8 Å². The fourth-order valence-corrected chi connectivity index (χ4v) is 3.67. The molecule has 0 aromatic heterocycles. The van der Waals surface area contributed by atoms with Gasteiger partial charge in [-0.05, 0) is 29.8 Å². The molecule has 1 aliphatic heterocycles. The highest BCUT2D eigenvalue weighted by Gasteiger charge is 2.27. The zero-order valence-electron chi connectivity index (χ0n) is 17.8. The molecule has 1 aliphatic rings. The van der Waals surface area contributed by atoms with E-state index >= 15 is 0 Å². The summed E-state index contributed by atoms with van der Waals surface area (Å²) in [5, 5.41) is 14.8. The van der Waals surface area contributed by atoms with Crippen LogP contribution in [0.5, 0.6) is 11.5 Å². The molecule has 10 heteroatoms. The molecule has 2 aromatic rings. The first-order chi connectivity index (χ1) is 15.3. The number of carbonyl (C=O) groups is 3. The molecular weight excluding hydrogens is 484 g/mol. The summed E-state index contributed by atoms with van der Waals surface area (Å²) in [5.74, 6) is -2.59. The van der Waals surface area contributed by atoms with Gasteiger partial charge in [0, 0.05) is 37.2 Å². The third-order valence-electron chi connectivity index (χ3n) is 4.78. The van der Waals surface area contributed by atoms with E-state index in [9.17, 15) is 4.79 Å². The van der Waals surface area contributed by atoms with Gasteiger partial charge in [0.15, 0.2) is 0 Å². The van der Waals surface area contributed by atoms with Crippen LogP contribution < -0.4 is 9.47 Å². The lowest BCUT2D eigenvalue weighted by atomic mass is 10.1. The highest BCUT2D eigenvalue weighted by Crippen LogP contribution is 2.30. The molecule has 3 rings (SSSR count). The SMILES string of the molecule is COc1cccc(OC)c1C(=O)N1CCN(Cc2cccc(Br)c2)CC1.O=C(O)C(=O)O. The van der Waals surface area contributed by atoms with Crippen LogP contribution in [0.25, 0.3) is 0 Å². The summed E-state index contributed by atoms with van der Waals surface area (Å²) < 4.78 is 11.8. The Morgan fingerprint density at radius 2 is 1.44 bits per heavy atom. The first kappa shape index (κ1) is 25.2. The van der Waals surface area contributed by atoms with Gasteiger partial charge in [0.2, 0.25) is 0 Å². The van der Waals surface area contributed by atoms with E-state index in [0.29, 0.717) is 30.2 Å². The van der Waals surface area contributed by atoms with Crippen LogP contribution in [-0.2, 0) is 16.1 Å². The lowest BCUT2D eigenvalue weighted by Crippen LogP contribution is -2.48. The number of carboxylic acid groups (broad SMARTS) is 2. The zero-order valence-corrected chi connectivity index (χ0v) is 19.4. The van der Waals surface area contributed by atoms with E-state index in [4.69, 9.17) is 29.3 Å². The van der Waals surface area contributed by atoms with Crippen molar-refractivity contribution in [2.24, 2.45) is 0 Å². The van der Waals surface area contributed by atoms with E-state index in [1.807, 2.05) is 23.1 Å². The van der Waals surface area contributed by atoms with Crippen molar-refractivity contribution in [1.29, 1.82) is 0 Å². The summed E-state index contributed by atoms with van der Waals surface area (Å²) in [4.78, 5) is 35.4. The summed E-state index contributed by atoms with van der Waals surface area (Å²) in [5.41, 5.74) is 1.77. The molecule has 9 nitrogen and oxygen atoms in total. The second-order valence-corrected chi connectivity index (χ2v) is 7.76. The Hall–Kier alpha value is -3.11. The topological polar surface area (TPSA) is 117 Å². The third-order valence-corrected chi connectivity index (χ3v) is 5.27. The van der Waals surface area contributed by atoms with Crippen LogP contribution in [0.4, 0.5) is 0 Å². The molecule has 2 N–H and O–H groups in total. The van der Waals surface area contributed by atoms with Crippen LogP contribution in [0, 0.1) is 0 Å². The maximum Gasteiger partial charge on any atom is 0.414 e. The summed E-state index contributed by atoms with van der Waals surface area (Å²) in [6.45, 7) is 3.95. The number of hydrogen-bond acceptors (Lipinski definition) is 6. The van der Waals surface area contributed by atoms with Gasteiger partial charge in [0.25, 0.3) is 5.91 Å². The first-order valence-corrected chi connectivity index (χ1v) is 10.5. The predicted molar refractivity (Wildman–Crippen MR) is 120 cm³/mol. The number of carbonyl (C=O) groups excluding carboxylic acids is 1. The van der Waals surface area contributed by atoms with E-state index in [1.165, 1.54) is 5.56 Å². The first-order valence-electron chi connectivity index (χ1n) is 9.70. The van der Waals surface area contributed by atoms with Gasteiger partial charge in [0.1, 0.15) is 17.1 Å². The lowest BCUT2D eigenvalue weighted by molar-refractivity contribution is -0.159. The van der Waals surface area contributed by atoms with Gasteiger partial charge in [0.05, 0.1) is 14.2 Å². The number of piperazine rings is 1. The summed E-state index contributed by atoms with van der Waals surface area (Å²) in [7, 11) is 3.14. The van der Waals surface area contributed by atoms with Crippen molar-refractivity contribution < 1.29 is 34.1 Å². The number of aliphatic carboxylic acids is 2. The van der Waals surface area contributed by atoms with E-state index in [0.717, 1.165) is 24.1 Å². The van der Waals surface area contributed by atoms with Gasteiger partial charge in [-0.1, -0.05) is 34.1 Å². The number of amides is 1. The van der Waals surface area contributed by atoms with E-state index in [-0.39, 0.29) is 5.91 Å². The molecule has 0 radical (unpaired) electrons. The Morgan fingerprint density at radius 1 is 0.906 bits per heavy atom. The van der Waals surface area contributed by atoms with E-state index < -0.39 is 11.9 Å². The minimum Gasteiger partial charge on any atom is -0.496 e. The Bertz CT molecular complexity index is 925. The molecule has 2 aromatic carbocycles. The van der Waals surface area contributed by atoms with Crippen LogP contribution in [0.3, 0.4) is 0 Å². The molecule has 0 spiro atoms. The molecule has 0 saturated carbocycles. The zero-order chi connectivity index (χ0) is 23.7. The standard InChI is InChI=1S/C20H23BrN2O3.C2H2O4/c1-25-17-7-4-8-18(26-2)19(17)20(24)23-11-9-22(10-12-23)14-15-5-3-6-16(21)13-15;3-1(4)2(5)6/h3-8,13H,9-12,14H2,1-2H3;(H,3,4)(H,5,6). The Balaban J connectivity index is 0.000000534. The molecule has 0 unspecified atom stereocenters. The third kappa shape index (κ3) is 6.96. The van der Waals surface area contributed by atoms with Gasteiger partial charge in [-0.3, -0.25) is 9.69 Å². The predicted octanol–water partition coefficient (Wildman–Crippen LogP) is 2.58. The second kappa shape index (κ2) is 12.1. The van der Waals surface area contributed by atoms with E-state index in [2.05, 4.69) is 33.0 Å². The molecule has 0 atom stereocenters.